The Hall–Kier alpha value is -1.22. The number of nitrogens with zero attached hydrogens (tertiary/aromatic N) is 2. The number of hydrogen-bond donors (Lipinski definition) is 0. The van der Waals surface area contributed by atoms with Crippen LogP contribution >= 0.6 is 15.9 Å². The molecule has 0 unspecified atom stereocenters. The highest BCUT2D eigenvalue weighted by Gasteiger charge is 2.06. The minimum atomic E-state index is 0.809. The second-order valence-electron chi connectivity index (χ2n) is 3.40. The standard InChI is InChI=1S/C12H11BrN2/c1-8-11(7-14-9(2)15-8)10-5-3-4-6-12(10)13/h3-7H,1-2H3. The van der Waals surface area contributed by atoms with Crippen LogP contribution in [0.5, 0.6) is 0 Å². The second kappa shape index (κ2) is 4.11. The van der Waals surface area contributed by atoms with Crippen molar-refractivity contribution in [2.45, 2.75) is 13.8 Å². The highest BCUT2D eigenvalue weighted by atomic mass is 79.9. The van der Waals surface area contributed by atoms with Crippen LogP contribution in [0.15, 0.2) is 34.9 Å². The Bertz CT molecular complexity index is 495. The third-order valence-electron chi connectivity index (χ3n) is 2.26. The number of benzene rings is 1. The lowest BCUT2D eigenvalue weighted by Crippen LogP contribution is -1.94. The topological polar surface area (TPSA) is 25.8 Å². The summed E-state index contributed by atoms with van der Waals surface area (Å²) >= 11 is 3.53. The molecule has 0 amide bonds. The average Bonchev–Trinajstić information content (AvgIpc) is 2.20. The summed E-state index contributed by atoms with van der Waals surface area (Å²) in [6.45, 7) is 3.90. The Labute approximate surface area is 97.5 Å². The first kappa shape index (κ1) is 10.3. The predicted octanol–water partition coefficient (Wildman–Crippen LogP) is 3.52. The molecule has 0 aliphatic carbocycles. The fourth-order valence-corrected chi connectivity index (χ4v) is 2.03. The van der Waals surface area contributed by atoms with E-state index < -0.39 is 0 Å². The highest BCUT2D eigenvalue weighted by Crippen LogP contribution is 2.28. The molecule has 0 radical (unpaired) electrons. The first-order chi connectivity index (χ1) is 7.18. The van der Waals surface area contributed by atoms with Crippen LogP contribution in [0, 0.1) is 13.8 Å². The van der Waals surface area contributed by atoms with E-state index in [0.717, 1.165) is 27.1 Å². The van der Waals surface area contributed by atoms with Crippen molar-refractivity contribution in [2.75, 3.05) is 0 Å². The summed E-state index contributed by atoms with van der Waals surface area (Å²) in [5.74, 6) is 0.809. The van der Waals surface area contributed by atoms with Crippen molar-refractivity contribution in [3.8, 4) is 11.1 Å². The van der Waals surface area contributed by atoms with E-state index in [1.807, 2.05) is 38.2 Å². The van der Waals surface area contributed by atoms with Gasteiger partial charge in [-0.1, -0.05) is 34.1 Å². The number of hydrogen-bond acceptors (Lipinski definition) is 2. The van der Waals surface area contributed by atoms with E-state index in [1.165, 1.54) is 0 Å². The maximum absolute atomic E-state index is 4.36. The smallest absolute Gasteiger partial charge is 0.125 e. The largest absolute Gasteiger partial charge is 0.241 e. The maximum atomic E-state index is 4.36. The zero-order valence-corrected chi connectivity index (χ0v) is 10.2. The number of aromatic nitrogens is 2. The number of aryl methyl sites for hydroxylation is 2. The van der Waals surface area contributed by atoms with Gasteiger partial charge in [0.2, 0.25) is 0 Å². The van der Waals surface area contributed by atoms with Crippen molar-refractivity contribution in [1.82, 2.24) is 9.97 Å². The van der Waals surface area contributed by atoms with Crippen molar-refractivity contribution >= 4 is 15.9 Å². The molecule has 0 saturated heterocycles. The molecule has 0 bridgehead atoms. The van der Waals surface area contributed by atoms with Crippen LogP contribution < -0.4 is 0 Å². The number of halogens is 1. The molecule has 3 heteroatoms. The Morgan fingerprint density at radius 1 is 1.07 bits per heavy atom. The van der Waals surface area contributed by atoms with Crippen LogP contribution in [0.4, 0.5) is 0 Å². The van der Waals surface area contributed by atoms with Crippen molar-refractivity contribution in [3.05, 3.63) is 46.5 Å². The molecule has 0 saturated carbocycles. The van der Waals surface area contributed by atoms with Gasteiger partial charge >= 0.3 is 0 Å². The van der Waals surface area contributed by atoms with Crippen LogP contribution in [0.25, 0.3) is 11.1 Å². The molecule has 1 aromatic carbocycles. The van der Waals surface area contributed by atoms with Crippen LogP contribution in [0.2, 0.25) is 0 Å². The van der Waals surface area contributed by atoms with E-state index >= 15 is 0 Å². The summed E-state index contributed by atoms with van der Waals surface area (Å²) in [5.41, 5.74) is 3.22. The van der Waals surface area contributed by atoms with Crippen molar-refractivity contribution in [2.24, 2.45) is 0 Å². The molecule has 1 heterocycles. The Kier molecular flexibility index (Phi) is 2.82. The Balaban J connectivity index is 2.60. The first-order valence-corrected chi connectivity index (χ1v) is 5.53. The van der Waals surface area contributed by atoms with Gasteiger partial charge in [0.25, 0.3) is 0 Å². The number of rotatable bonds is 1. The molecule has 2 aromatic rings. The average molecular weight is 263 g/mol. The molecule has 2 rings (SSSR count). The van der Waals surface area contributed by atoms with Crippen molar-refractivity contribution < 1.29 is 0 Å². The van der Waals surface area contributed by atoms with E-state index in [1.54, 1.807) is 0 Å². The van der Waals surface area contributed by atoms with Gasteiger partial charge in [-0.3, -0.25) is 0 Å². The summed E-state index contributed by atoms with van der Waals surface area (Å²) < 4.78 is 1.07. The molecule has 0 atom stereocenters. The molecule has 0 N–H and O–H groups in total. The van der Waals surface area contributed by atoms with Gasteiger partial charge < -0.3 is 0 Å². The lowest BCUT2D eigenvalue weighted by molar-refractivity contribution is 1.01. The molecule has 0 aliphatic rings. The van der Waals surface area contributed by atoms with E-state index in [4.69, 9.17) is 0 Å². The first-order valence-electron chi connectivity index (χ1n) is 4.73. The van der Waals surface area contributed by atoms with Gasteiger partial charge in [0, 0.05) is 21.9 Å². The molecular formula is C12H11BrN2. The quantitative estimate of drug-likeness (QED) is 0.786. The van der Waals surface area contributed by atoms with Crippen LogP contribution in [0.3, 0.4) is 0 Å². The normalized spacial score (nSPS) is 10.3. The molecule has 2 nitrogen and oxygen atoms in total. The zero-order valence-electron chi connectivity index (χ0n) is 8.66. The van der Waals surface area contributed by atoms with Crippen LogP contribution in [-0.4, -0.2) is 9.97 Å². The second-order valence-corrected chi connectivity index (χ2v) is 4.25. The molecule has 1 aromatic heterocycles. The summed E-state index contributed by atoms with van der Waals surface area (Å²) in [5, 5.41) is 0. The Morgan fingerprint density at radius 2 is 1.80 bits per heavy atom. The molecule has 0 aliphatic heterocycles. The van der Waals surface area contributed by atoms with Crippen molar-refractivity contribution in [3.63, 3.8) is 0 Å². The van der Waals surface area contributed by atoms with Gasteiger partial charge in [0.05, 0.1) is 0 Å². The monoisotopic (exact) mass is 262 g/mol. The van der Waals surface area contributed by atoms with E-state index in [9.17, 15) is 0 Å². The van der Waals surface area contributed by atoms with Gasteiger partial charge in [-0.05, 0) is 25.5 Å². The lowest BCUT2D eigenvalue weighted by atomic mass is 10.1. The molecule has 0 spiro atoms. The lowest BCUT2D eigenvalue weighted by Gasteiger charge is -2.07. The summed E-state index contributed by atoms with van der Waals surface area (Å²) in [4.78, 5) is 8.58. The van der Waals surface area contributed by atoms with Gasteiger partial charge in [-0.15, -0.1) is 0 Å². The summed E-state index contributed by atoms with van der Waals surface area (Å²) in [7, 11) is 0. The van der Waals surface area contributed by atoms with E-state index in [-0.39, 0.29) is 0 Å². The maximum Gasteiger partial charge on any atom is 0.125 e. The summed E-state index contributed by atoms with van der Waals surface area (Å²) in [6.07, 6.45) is 1.87. The van der Waals surface area contributed by atoms with Gasteiger partial charge in [0.15, 0.2) is 0 Å². The fraction of sp³-hybridized carbons (Fsp3) is 0.167. The third-order valence-corrected chi connectivity index (χ3v) is 2.96. The minimum absolute atomic E-state index is 0.809. The van der Waals surface area contributed by atoms with Gasteiger partial charge in [-0.2, -0.15) is 0 Å². The molecule has 0 fully saturated rings. The molecular weight excluding hydrogens is 252 g/mol. The van der Waals surface area contributed by atoms with E-state index in [2.05, 4.69) is 32.0 Å². The van der Waals surface area contributed by atoms with Gasteiger partial charge in [0.1, 0.15) is 5.82 Å². The molecule has 76 valence electrons. The van der Waals surface area contributed by atoms with Crippen LogP contribution in [-0.2, 0) is 0 Å². The highest BCUT2D eigenvalue weighted by molar-refractivity contribution is 9.10. The third kappa shape index (κ3) is 2.07. The Morgan fingerprint density at radius 3 is 2.47 bits per heavy atom. The van der Waals surface area contributed by atoms with Gasteiger partial charge in [-0.25, -0.2) is 9.97 Å². The van der Waals surface area contributed by atoms with E-state index in [0.29, 0.717) is 0 Å². The summed E-state index contributed by atoms with van der Waals surface area (Å²) in [6, 6.07) is 8.09. The predicted molar refractivity (Wildman–Crippen MR) is 64.6 cm³/mol. The minimum Gasteiger partial charge on any atom is -0.241 e. The van der Waals surface area contributed by atoms with Crippen molar-refractivity contribution in [1.29, 1.82) is 0 Å². The molecule has 15 heavy (non-hydrogen) atoms. The SMILES string of the molecule is Cc1ncc(-c2ccccc2Br)c(C)n1. The van der Waals surface area contributed by atoms with Crippen LogP contribution in [0.1, 0.15) is 11.5 Å². The zero-order chi connectivity index (χ0) is 10.8. The fourth-order valence-electron chi connectivity index (χ4n) is 1.53.